The summed E-state index contributed by atoms with van der Waals surface area (Å²) in [6.07, 6.45) is 19.6. The molecule has 2 saturated carbocycles. The normalized spacial score (nSPS) is 22.0. The van der Waals surface area contributed by atoms with E-state index in [2.05, 4.69) is 68.1 Å². The third-order valence-electron chi connectivity index (χ3n) is 5.50. The first kappa shape index (κ1) is 21.1. The Bertz CT molecular complexity index is 292. The average Bonchev–Trinajstić information content (AvgIpc) is 2.58. The number of halogens is 1. The van der Waals surface area contributed by atoms with E-state index in [1.165, 1.54) is 64.2 Å². The Labute approximate surface area is 155 Å². The Kier molecular flexibility index (Phi) is 11.1. The molecule has 2 aliphatic rings. The van der Waals surface area contributed by atoms with E-state index in [0.29, 0.717) is 5.16 Å². The van der Waals surface area contributed by atoms with Crippen molar-refractivity contribution in [3.63, 3.8) is 0 Å². The summed E-state index contributed by atoms with van der Waals surface area (Å²) in [5, 5.41) is 0.386. The monoisotopic (exact) mass is 436 g/mol. The van der Waals surface area contributed by atoms with Crippen molar-refractivity contribution in [2.45, 2.75) is 69.4 Å². The summed E-state index contributed by atoms with van der Waals surface area (Å²) in [5.74, 6) is 1.81. The summed E-state index contributed by atoms with van der Waals surface area (Å²) >= 11 is 2.22. The second kappa shape index (κ2) is 11.6. The number of hydrogen-bond donors (Lipinski definition) is 0. The fraction of sp³-hybridized carbons (Fsp3) is 0.889. The van der Waals surface area contributed by atoms with E-state index in [1.807, 2.05) is 0 Å². The van der Waals surface area contributed by atoms with E-state index >= 15 is 0 Å². The first-order valence-electron chi connectivity index (χ1n) is 8.86. The van der Waals surface area contributed by atoms with Gasteiger partial charge in [0.25, 0.3) is 0 Å². The van der Waals surface area contributed by atoms with E-state index in [9.17, 15) is 0 Å². The molecule has 1 unspecified atom stereocenters. The number of nitrogens with zero attached hydrogens (tertiary/aromatic N) is 1. The molecule has 0 aliphatic heterocycles. The summed E-state index contributed by atoms with van der Waals surface area (Å²) < 4.78 is 0. The predicted octanol–water partition coefficient (Wildman–Crippen LogP) is 5.57. The second-order valence-electron chi connectivity index (χ2n) is 7.33. The van der Waals surface area contributed by atoms with Crippen LogP contribution in [-0.2, 0) is 18.2 Å². The van der Waals surface area contributed by atoms with E-state index in [0.717, 1.165) is 18.4 Å². The Hall–Kier alpha value is 1.08. The van der Waals surface area contributed by atoms with Gasteiger partial charge in [-0.1, -0.05) is 50.7 Å². The van der Waals surface area contributed by atoms with Gasteiger partial charge in [0.2, 0.25) is 0 Å². The molecular formula is C18H34ClNPPd. The van der Waals surface area contributed by atoms with Crippen molar-refractivity contribution in [2.24, 2.45) is 11.8 Å². The van der Waals surface area contributed by atoms with Crippen LogP contribution >= 0.6 is 18.8 Å². The maximum atomic E-state index is 4.49. The summed E-state index contributed by atoms with van der Waals surface area (Å²) in [6, 6.07) is 0. The Morgan fingerprint density at radius 2 is 1.36 bits per heavy atom. The van der Waals surface area contributed by atoms with Crippen LogP contribution in [0.25, 0.3) is 0 Å². The van der Waals surface area contributed by atoms with Crippen molar-refractivity contribution in [2.75, 3.05) is 20.6 Å². The van der Waals surface area contributed by atoms with Gasteiger partial charge in [-0.2, -0.15) is 0 Å². The van der Waals surface area contributed by atoms with Gasteiger partial charge in [0, 0.05) is 11.7 Å². The van der Waals surface area contributed by atoms with Gasteiger partial charge >= 0.3 is 27.7 Å². The molecule has 0 heterocycles. The van der Waals surface area contributed by atoms with E-state index in [4.69, 9.17) is 0 Å². The molecule has 0 aromatic rings. The molecule has 0 aromatic carbocycles. The number of allylic oxidation sites excluding steroid dienone is 1. The van der Waals surface area contributed by atoms with Crippen molar-refractivity contribution in [1.82, 2.24) is 4.90 Å². The van der Waals surface area contributed by atoms with Crippen LogP contribution in [0.3, 0.4) is 0 Å². The van der Waals surface area contributed by atoms with Gasteiger partial charge in [-0.15, -0.1) is 9.24 Å². The molecule has 1 nitrogen and oxygen atoms in total. The van der Waals surface area contributed by atoms with Crippen LogP contribution in [0.4, 0.5) is 0 Å². The van der Waals surface area contributed by atoms with Crippen molar-refractivity contribution >= 4 is 18.8 Å². The third kappa shape index (κ3) is 6.53. The van der Waals surface area contributed by atoms with Gasteiger partial charge in [0.15, 0.2) is 0 Å². The van der Waals surface area contributed by atoms with Crippen LogP contribution < -0.4 is 0 Å². The van der Waals surface area contributed by atoms with Gasteiger partial charge < -0.3 is 4.90 Å². The second-order valence-corrected chi connectivity index (χ2v) is 8.33. The molecule has 1 atom stereocenters. The van der Waals surface area contributed by atoms with Crippen LogP contribution in [0.15, 0.2) is 12.2 Å². The number of rotatable bonds is 5. The first-order valence-corrected chi connectivity index (χ1v) is 11.4. The molecule has 0 saturated heterocycles. The standard InChI is InChI=1S/C18H34NP.ClH.Pd/c1-19(2)15-9-14-18(20,16-10-5-3-6-11-16)17-12-7-4-8-13-17;;/h9,14,16-17H,3-8,10-13,15,20H2,1-2H3;1H;/q;;+1/p-1/b14-9+;;. The fourth-order valence-electron chi connectivity index (χ4n) is 4.28. The van der Waals surface area contributed by atoms with Gasteiger partial charge in [-0.05, 0) is 51.6 Å². The molecule has 133 valence electrons. The first-order chi connectivity index (χ1) is 10.6. The Morgan fingerprint density at radius 1 is 0.955 bits per heavy atom. The molecule has 4 heteroatoms. The quantitative estimate of drug-likeness (QED) is 0.309. The molecule has 0 bridgehead atoms. The van der Waals surface area contributed by atoms with Crippen LogP contribution in [0.5, 0.6) is 0 Å². The zero-order chi connectivity index (χ0) is 16.4. The number of hydrogen-bond acceptors (Lipinski definition) is 1. The summed E-state index contributed by atoms with van der Waals surface area (Å²) in [5.41, 5.74) is 0. The molecule has 2 aliphatic carbocycles. The van der Waals surface area contributed by atoms with Gasteiger partial charge in [-0.3, -0.25) is 0 Å². The zero-order valence-electron chi connectivity index (χ0n) is 14.3. The molecule has 0 radical (unpaired) electrons. The Balaban J connectivity index is 0.00000116. The van der Waals surface area contributed by atoms with Gasteiger partial charge in [-0.25, -0.2) is 0 Å². The summed E-state index contributed by atoms with van der Waals surface area (Å²) in [7, 11) is 12.1. The van der Waals surface area contributed by atoms with Crippen LogP contribution in [0.1, 0.15) is 64.2 Å². The van der Waals surface area contributed by atoms with Crippen molar-refractivity contribution < 1.29 is 18.2 Å². The van der Waals surface area contributed by atoms with Crippen LogP contribution in [0.2, 0.25) is 0 Å². The van der Waals surface area contributed by atoms with E-state index in [-0.39, 0.29) is 0 Å². The molecule has 0 amide bonds. The average molecular weight is 437 g/mol. The molecule has 2 fully saturated rings. The van der Waals surface area contributed by atoms with Crippen molar-refractivity contribution in [3.8, 4) is 0 Å². The molecule has 0 aromatic heterocycles. The van der Waals surface area contributed by atoms with Crippen molar-refractivity contribution in [3.05, 3.63) is 12.2 Å². The zero-order valence-corrected chi connectivity index (χ0v) is 17.8. The number of likely N-dealkylation sites (N-methyl/N-ethyl adjacent to an activating group) is 1. The van der Waals surface area contributed by atoms with Gasteiger partial charge in [0.1, 0.15) is 0 Å². The molecule has 22 heavy (non-hydrogen) atoms. The topological polar surface area (TPSA) is 3.24 Å². The van der Waals surface area contributed by atoms with Crippen LogP contribution in [0, 0.1) is 11.8 Å². The SMILES string of the molecule is CN(C)C/C=C/C(P)(C1CCCCC1)C1CCCCC1.[Cl][Pd]. The third-order valence-corrected chi connectivity index (χ3v) is 6.64. The predicted molar refractivity (Wildman–Crippen MR) is 99.1 cm³/mol. The Morgan fingerprint density at radius 3 is 1.73 bits per heavy atom. The minimum atomic E-state index is 0.386. The fourth-order valence-corrected chi connectivity index (χ4v) is 5.08. The minimum absolute atomic E-state index is 0.386. The summed E-state index contributed by atoms with van der Waals surface area (Å²) in [6.45, 7) is 1.08. The summed E-state index contributed by atoms with van der Waals surface area (Å²) in [4.78, 5) is 2.27. The molecule has 0 N–H and O–H groups in total. The van der Waals surface area contributed by atoms with E-state index < -0.39 is 0 Å². The van der Waals surface area contributed by atoms with Gasteiger partial charge in [0.05, 0.1) is 0 Å². The maximum absolute atomic E-state index is 4.49. The van der Waals surface area contributed by atoms with E-state index in [1.54, 1.807) is 0 Å². The van der Waals surface area contributed by atoms with Crippen LogP contribution in [-0.4, -0.2) is 30.7 Å². The molecular weight excluding hydrogens is 403 g/mol. The molecule has 0 spiro atoms. The van der Waals surface area contributed by atoms with Crippen molar-refractivity contribution in [1.29, 1.82) is 0 Å². The molecule has 2 rings (SSSR count).